The van der Waals surface area contributed by atoms with Crippen molar-refractivity contribution in [3.63, 3.8) is 0 Å². The van der Waals surface area contributed by atoms with Crippen molar-refractivity contribution in [2.75, 3.05) is 0 Å². The molecular weight excluding hydrogens is 328 g/mol. The maximum atomic E-state index is 12.6. The molecule has 2 heterocycles. The lowest BCUT2D eigenvalue weighted by Crippen LogP contribution is -2.31. The van der Waals surface area contributed by atoms with Crippen LogP contribution in [-0.2, 0) is 6.54 Å². The van der Waals surface area contributed by atoms with Gasteiger partial charge in [-0.25, -0.2) is 4.98 Å². The molecule has 2 aromatic heterocycles. The first-order chi connectivity index (χ1) is 12.5. The number of benzene rings is 1. The highest BCUT2D eigenvalue weighted by Gasteiger charge is 2.21. The van der Waals surface area contributed by atoms with Crippen molar-refractivity contribution in [3.05, 3.63) is 71.3 Å². The lowest BCUT2D eigenvalue weighted by Gasteiger charge is -2.06. The zero-order valence-corrected chi connectivity index (χ0v) is 15.1. The highest BCUT2D eigenvalue weighted by atomic mass is 16.2. The molecule has 0 atom stereocenters. The van der Waals surface area contributed by atoms with Gasteiger partial charge < -0.3 is 10.6 Å². The number of aromatic nitrogens is 2. The van der Waals surface area contributed by atoms with E-state index < -0.39 is 0 Å². The summed E-state index contributed by atoms with van der Waals surface area (Å²) in [5.41, 5.74) is 3.01. The zero-order valence-electron chi connectivity index (χ0n) is 15.1. The molecule has 6 heteroatoms. The first-order valence-electron chi connectivity index (χ1n) is 8.57. The topological polar surface area (TPSA) is 75.5 Å². The number of carbonyl (C=O) groups is 2. The van der Waals surface area contributed by atoms with Gasteiger partial charge in [0.1, 0.15) is 0 Å². The van der Waals surface area contributed by atoms with Crippen molar-refractivity contribution < 1.29 is 9.59 Å². The van der Waals surface area contributed by atoms with E-state index in [-0.39, 0.29) is 29.4 Å². The molecule has 2 amide bonds. The normalized spacial score (nSPS) is 10.9. The number of aryl methyl sites for hydroxylation is 1. The SMILES string of the molecule is Cc1ccc(CNC(=O)c2nc(C(=O)NC(C)C)n3ccccc23)cc1. The highest BCUT2D eigenvalue weighted by Crippen LogP contribution is 2.14. The molecule has 6 nitrogen and oxygen atoms in total. The third-order valence-electron chi connectivity index (χ3n) is 3.96. The van der Waals surface area contributed by atoms with E-state index in [1.165, 1.54) is 5.56 Å². The summed E-state index contributed by atoms with van der Waals surface area (Å²) < 4.78 is 1.64. The number of fused-ring (bicyclic) bond motifs is 1. The van der Waals surface area contributed by atoms with Crippen molar-refractivity contribution in [2.24, 2.45) is 0 Å². The third kappa shape index (κ3) is 3.74. The van der Waals surface area contributed by atoms with E-state index in [4.69, 9.17) is 0 Å². The van der Waals surface area contributed by atoms with Gasteiger partial charge in [0.15, 0.2) is 5.69 Å². The van der Waals surface area contributed by atoms with Crippen LogP contribution in [0.15, 0.2) is 48.7 Å². The Hall–Kier alpha value is -3.15. The molecule has 0 spiro atoms. The van der Waals surface area contributed by atoms with Crippen LogP contribution in [0, 0.1) is 6.92 Å². The Kier molecular flexibility index (Phi) is 5.02. The Labute approximate surface area is 152 Å². The van der Waals surface area contributed by atoms with E-state index in [2.05, 4.69) is 15.6 Å². The van der Waals surface area contributed by atoms with Gasteiger partial charge in [-0.15, -0.1) is 0 Å². The summed E-state index contributed by atoms with van der Waals surface area (Å²) in [4.78, 5) is 29.3. The van der Waals surface area contributed by atoms with Gasteiger partial charge in [0.25, 0.3) is 11.8 Å². The smallest absolute Gasteiger partial charge is 0.287 e. The van der Waals surface area contributed by atoms with Crippen LogP contribution in [0.3, 0.4) is 0 Å². The van der Waals surface area contributed by atoms with Crippen LogP contribution >= 0.6 is 0 Å². The van der Waals surface area contributed by atoms with E-state index in [9.17, 15) is 9.59 Å². The molecule has 134 valence electrons. The molecule has 0 fully saturated rings. The largest absolute Gasteiger partial charge is 0.347 e. The van der Waals surface area contributed by atoms with E-state index >= 15 is 0 Å². The van der Waals surface area contributed by atoms with Crippen LogP contribution in [0.2, 0.25) is 0 Å². The molecule has 2 N–H and O–H groups in total. The molecule has 0 aliphatic heterocycles. The summed E-state index contributed by atoms with van der Waals surface area (Å²) in [5.74, 6) is -0.411. The van der Waals surface area contributed by atoms with E-state index in [1.807, 2.05) is 51.1 Å². The summed E-state index contributed by atoms with van der Waals surface area (Å²) in [5, 5.41) is 5.69. The van der Waals surface area contributed by atoms with E-state index in [0.29, 0.717) is 12.1 Å². The number of nitrogens with zero attached hydrogens (tertiary/aromatic N) is 2. The zero-order chi connectivity index (χ0) is 18.7. The Morgan fingerprint density at radius 2 is 1.81 bits per heavy atom. The van der Waals surface area contributed by atoms with Gasteiger partial charge in [-0.2, -0.15) is 0 Å². The van der Waals surface area contributed by atoms with Crippen LogP contribution in [0.5, 0.6) is 0 Å². The molecule has 0 unspecified atom stereocenters. The van der Waals surface area contributed by atoms with Crippen LogP contribution in [0.1, 0.15) is 46.1 Å². The molecule has 0 saturated heterocycles. The average molecular weight is 350 g/mol. The minimum atomic E-state index is -0.308. The first-order valence-corrected chi connectivity index (χ1v) is 8.57. The standard InChI is InChI=1S/C20H22N4O2/c1-13(2)22-20(26)18-23-17(16-6-4-5-11-24(16)18)19(25)21-12-15-9-7-14(3)8-10-15/h4-11,13H,12H2,1-3H3,(H,21,25)(H,22,26). The predicted octanol–water partition coefficient (Wildman–Crippen LogP) is 2.71. The Bertz CT molecular complexity index is 942. The third-order valence-corrected chi connectivity index (χ3v) is 3.96. The molecule has 0 saturated carbocycles. The summed E-state index contributed by atoms with van der Waals surface area (Å²) in [6.07, 6.45) is 1.73. The highest BCUT2D eigenvalue weighted by molar-refractivity contribution is 6.02. The van der Waals surface area contributed by atoms with Crippen molar-refractivity contribution in [1.29, 1.82) is 0 Å². The fourth-order valence-electron chi connectivity index (χ4n) is 2.66. The molecular formula is C20H22N4O2. The van der Waals surface area contributed by atoms with Gasteiger partial charge in [0.05, 0.1) is 5.52 Å². The molecule has 0 bridgehead atoms. The lowest BCUT2D eigenvalue weighted by molar-refractivity contribution is 0.0932. The Balaban J connectivity index is 1.85. The fraction of sp³-hybridized carbons (Fsp3) is 0.250. The molecule has 26 heavy (non-hydrogen) atoms. The number of nitrogens with one attached hydrogen (secondary N) is 2. The second kappa shape index (κ2) is 7.39. The molecule has 0 aliphatic rings. The summed E-state index contributed by atoms with van der Waals surface area (Å²) in [7, 11) is 0. The second-order valence-corrected chi connectivity index (χ2v) is 6.54. The summed E-state index contributed by atoms with van der Waals surface area (Å²) in [6, 6.07) is 13.3. The maximum absolute atomic E-state index is 12.6. The first kappa shape index (κ1) is 17.7. The predicted molar refractivity (Wildman–Crippen MR) is 100 cm³/mol. The monoisotopic (exact) mass is 350 g/mol. The number of hydrogen-bond acceptors (Lipinski definition) is 3. The summed E-state index contributed by atoms with van der Waals surface area (Å²) >= 11 is 0. The van der Waals surface area contributed by atoms with Gasteiger partial charge in [-0.3, -0.25) is 14.0 Å². The van der Waals surface area contributed by atoms with E-state index in [0.717, 1.165) is 5.56 Å². The van der Waals surface area contributed by atoms with Crippen molar-refractivity contribution in [2.45, 2.75) is 33.4 Å². The Morgan fingerprint density at radius 3 is 2.50 bits per heavy atom. The molecule has 0 aliphatic carbocycles. The van der Waals surface area contributed by atoms with Gasteiger partial charge in [-0.1, -0.05) is 35.9 Å². The van der Waals surface area contributed by atoms with Crippen molar-refractivity contribution >= 4 is 17.3 Å². The number of pyridine rings is 1. The summed E-state index contributed by atoms with van der Waals surface area (Å²) in [6.45, 7) is 6.17. The minimum absolute atomic E-state index is 0.0163. The minimum Gasteiger partial charge on any atom is -0.347 e. The number of carbonyl (C=O) groups excluding carboxylic acids is 2. The molecule has 0 radical (unpaired) electrons. The average Bonchev–Trinajstić information content (AvgIpc) is 3.00. The molecule has 3 aromatic rings. The van der Waals surface area contributed by atoms with Crippen LogP contribution in [-0.4, -0.2) is 27.2 Å². The second-order valence-electron chi connectivity index (χ2n) is 6.54. The molecule has 3 rings (SSSR count). The van der Waals surface area contributed by atoms with Crippen LogP contribution < -0.4 is 10.6 Å². The number of hydrogen-bond donors (Lipinski definition) is 2. The number of imidazole rings is 1. The van der Waals surface area contributed by atoms with Crippen molar-refractivity contribution in [3.8, 4) is 0 Å². The van der Waals surface area contributed by atoms with E-state index in [1.54, 1.807) is 22.7 Å². The van der Waals surface area contributed by atoms with Gasteiger partial charge >= 0.3 is 0 Å². The van der Waals surface area contributed by atoms with Crippen LogP contribution in [0.4, 0.5) is 0 Å². The Morgan fingerprint density at radius 1 is 1.08 bits per heavy atom. The quantitative estimate of drug-likeness (QED) is 0.743. The van der Waals surface area contributed by atoms with Crippen molar-refractivity contribution in [1.82, 2.24) is 20.0 Å². The fourth-order valence-corrected chi connectivity index (χ4v) is 2.66. The number of rotatable bonds is 5. The van der Waals surface area contributed by atoms with Gasteiger partial charge in [-0.05, 0) is 38.5 Å². The maximum Gasteiger partial charge on any atom is 0.287 e. The van der Waals surface area contributed by atoms with Gasteiger partial charge in [0, 0.05) is 18.8 Å². The van der Waals surface area contributed by atoms with Gasteiger partial charge in [0.2, 0.25) is 5.82 Å². The number of amides is 2. The molecule has 1 aromatic carbocycles. The lowest BCUT2D eigenvalue weighted by atomic mass is 10.1. The van der Waals surface area contributed by atoms with Crippen LogP contribution in [0.25, 0.3) is 5.52 Å².